The highest BCUT2D eigenvalue weighted by molar-refractivity contribution is 5.83. The van der Waals surface area contributed by atoms with E-state index >= 15 is 0 Å². The molecule has 0 aliphatic rings. The van der Waals surface area contributed by atoms with Crippen molar-refractivity contribution in [1.82, 2.24) is 0 Å². The Balaban J connectivity index is 4.42. The minimum atomic E-state index is -1.62. The number of rotatable bonds is 3. The number of hydrogen-bond donors (Lipinski definition) is 1. The molecule has 6 heteroatoms. The van der Waals surface area contributed by atoms with Crippen LogP contribution >= 0.6 is 0 Å². The van der Waals surface area contributed by atoms with Gasteiger partial charge < -0.3 is 9.84 Å². The Morgan fingerprint density at radius 3 is 2.40 bits per heavy atom. The molecular weight excluding hydrogens is 142 g/mol. The Labute approximate surface area is 55.9 Å². The van der Waals surface area contributed by atoms with Gasteiger partial charge in [0.25, 0.3) is 0 Å². The molecule has 1 N–H and O–H groups in total. The van der Waals surface area contributed by atoms with Gasteiger partial charge in [-0.2, -0.15) is 0 Å². The number of carboxylic acid groups (broad SMARTS) is 1. The van der Waals surface area contributed by atoms with E-state index in [1.54, 1.807) is 0 Å². The van der Waals surface area contributed by atoms with Crippen LogP contribution in [0.25, 0.3) is 0 Å². The van der Waals surface area contributed by atoms with Crippen LogP contribution in [0.4, 0.5) is 0 Å². The lowest BCUT2D eigenvalue weighted by atomic mass is 10.5. The number of ether oxygens (including phenoxy) is 1. The molecule has 0 aromatic carbocycles. The monoisotopic (exact) mass is 147 g/mol. The van der Waals surface area contributed by atoms with Gasteiger partial charge in [0.05, 0.1) is 12.0 Å². The molecule has 0 bridgehead atoms. The van der Waals surface area contributed by atoms with Crippen LogP contribution in [0.3, 0.4) is 0 Å². The highest BCUT2D eigenvalue weighted by atomic mass is 16.6. The maximum atomic E-state index is 9.94. The molecule has 0 fully saturated rings. The normalized spacial score (nSPS) is 10.7. The summed E-state index contributed by atoms with van der Waals surface area (Å²) in [5, 5.41) is 17.9. The third-order valence-electron chi connectivity index (χ3n) is 0.645. The van der Waals surface area contributed by atoms with Crippen LogP contribution < -0.4 is 0 Å². The molecule has 0 aliphatic carbocycles. The van der Waals surface area contributed by atoms with Gasteiger partial charge in [-0.1, -0.05) is 0 Å². The summed E-state index contributed by atoms with van der Waals surface area (Å²) in [6, 6.07) is 0. The maximum absolute atomic E-state index is 9.94. The molecule has 0 aliphatic heterocycles. The molecule has 0 saturated carbocycles. The molecule has 0 heterocycles. The molecule has 0 unspecified atom stereocenters. The van der Waals surface area contributed by atoms with Gasteiger partial charge in [-0.05, 0) is 0 Å². The smallest absolute Gasteiger partial charge is 0.410 e. The van der Waals surface area contributed by atoms with Crippen molar-refractivity contribution in [2.24, 2.45) is 0 Å². The van der Waals surface area contributed by atoms with Crippen LogP contribution in [0.2, 0.25) is 0 Å². The summed E-state index contributed by atoms with van der Waals surface area (Å²) in [5.41, 5.74) is -0.984. The van der Waals surface area contributed by atoms with E-state index in [9.17, 15) is 14.9 Å². The molecule has 0 amide bonds. The second-order valence-corrected chi connectivity index (χ2v) is 1.30. The van der Waals surface area contributed by atoms with Crippen molar-refractivity contribution in [3.8, 4) is 0 Å². The van der Waals surface area contributed by atoms with Crippen molar-refractivity contribution in [2.75, 3.05) is 7.11 Å². The molecule has 6 nitrogen and oxygen atoms in total. The van der Waals surface area contributed by atoms with Gasteiger partial charge in [-0.25, -0.2) is 4.79 Å². The van der Waals surface area contributed by atoms with E-state index in [0.29, 0.717) is 6.26 Å². The Hall–Kier alpha value is -1.59. The van der Waals surface area contributed by atoms with Crippen molar-refractivity contribution in [2.45, 2.75) is 0 Å². The molecule has 0 atom stereocenters. The largest absolute Gasteiger partial charge is 0.497 e. The van der Waals surface area contributed by atoms with E-state index in [1.165, 1.54) is 0 Å². The lowest BCUT2D eigenvalue weighted by Crippen LogP contribution is -2.10. The topological polar surface area (TPSA) is 89.7 Å². The minimum absolute atomic E-state index is 0.558. The van der Waals surface area contributed by atoms with Gasteiger partial charge in [0.2, 0.25) is 0 Å². The fourth-order valence-corrected chi connectivity index (χ4v) is 0.283. The first-order valence-corrected chi connectivity index (χ1v) is 2.20. The standard InChI is InChI=1S/C4H5NO5/c1-10-2-3(4(6)7)5(8)9/h2H,1H3,(H,6,7). The molecule has 0 saturated heterocycles. The number of aliphatic carboxylic acids is 1. The van der Waals surface area contributed by atoms with Gasteiger partial charge >= 0.3 is 11.7 Å². The van der Waals surface area contributed by atoms with Crippen LogP contribution in [0, 0.1) is 10.1 Å². The van der Waals surface area contributed by atoms with Crippen molar-refractivity contribution >= 4 is 5.97 Å². The number of carbonyl (C=O) groups is 1. The highest BCUT2D eigenvalue weighted by Crippen LogP contribution is 1.94. The van der Waals surface area contributed by atoms with Gasteiger partial charge in [0.1, 0.15) is 0 Å². The van der Waals surface area contributed by atoms with Crippen LogP contribution in [0.15, 0.2) is 12.0 Å². The molecule has 0 aromatic rings. The van der Waals surface area contributed by atoms with Crippen molar-refractivity contribution in [1.29, 1.82) is 0 Å². The number of nitro groups is 1. The van der Waals surface area contributed by atoms with Crippen LogP contribution in [0.5, 0.6) is 0 Å². The van der Waals surface area contributed by atoms with Crippen LogP contribution in [-0.2, 0) is 9.53 Å². The van der Waals surface area contributed by atoms with E-state index in [2.05, 4.69) is 4.74 Å². The van der Waals surface area contributed by atoms with E-state index < -0.39 is 16.6 Å². The Morgan fingerprint density at radius 1 is 1.80 bits per heavy atom. The summed E-state index contributed by atoms with van der Waals surface area (Å²) in [6.07, 6.45) is 0.558. The van der Waals surface area contributed by atoms with E-state index in [4.69, 9.17) is 5.11 Å². The first kappa shape index (κ1) is 8.41. The summed E-state index contributed by atoms with van der Waals surface area (Å²) < 4.78 is 4.14. The predicted molar refractivity (Wildman–Crippen MR) is 29.7 cm³/mol. The zero-order chi connectivity index (χ0) is 8.15. The molecular formula is C4H5NO5. The number of hydrogen-bond acceptors (Lipinski definition) is 4. The first-order valence-electron chi connectivity index (χ1n) is 2.20. The summed E-state index contributed by atoms with van der Waals surface area (Å²) in [7, 11) is 1.13. The lowest BCUT2D eigenvalue weighted by Gasteiger charge is -1.89. The van der Waals surface area contributed by atoms with Gasteiger partial charge in [0, 0.05) is 0 Å². The lowest BCUT2D eigenvalue weighted by molar-refractivity contribution is -0.422. The average molecular weight is 147 g/mol. The minimum Gasteiger partial charge on any atom is -0.497 e. The van der Waals surface area contributed by atoms with E-state index in [0.717, 1.165) is 7.11 Å². The van der Waals surface area contributed by atoms with Crippen LogP contribution in [0.1, 0.15) is 0 Å². The molecule has 10 heavy (non-hydrogen) atoms. The zero-order valence-corrected chi connectivity index (χ0v) is 5.10. The Morgan fingerprint density at radius 2 is 2.30 bits per heavy atom. The quantitative estimate of drug-likeness (QED) is 0.259. The molecule has 56 valence electrons. The molecule has 0 spiro atoms. The second kappa shape index (κ2) is 3.44. The average Bonchev–Trinajstić information content (AvgIpc) is 1.81. The van der Waals surface area contributed by atoms with Gasteiger partial charge in [0.15, 0.2) is 6.26 Å². The number of nitrogens with zero attached hydrogens (tertiary/aromatic N) is 1. The summed E-state index contributed by atoms with van der Waals surface area (Å²) in [4.78, 5) is 18.7. The highest BCUT2D eigenvalue weighted by Gasteiger charge is 2.20. The molecule has 0 rings (SSSR count). The summed E-state index contributed by atoms with van der Waals surface area (Å²) in [5.74, 6) is -1.62. The van der Waals surface area contributed by atoms with Gasteiger partial charge in [-0.15, -0.1) is 0 Å². The van der Waals surface area contributed by atoms with Crippen molar-refractivity contribution < 1.29 is 19.6 Å². The predicted octanol–water partition coefficient (Wildman–Crippen LogP) is -0.165. The van der Waals surface area contributed by atoms with E-state index in [1.807, 2.05) is 0 Å². The van der Waals surface area contributed by atoms with Gasteiger partial charge in [-0.3, -0.25) is 10.1 Å². The van der Waals surface area contributed by atoms with Crippen molar-refractivity contribution in [3.05, 3.63) is 22.1 Å². The Bertz CT molecular complexity index is 168. The fraction of sp³-hybridized carbons (Fsp3) is 0.250. The maximum Gasteiger partial charge on any atom is 0.410 e. The van der Waals surface area contributed by atoms with Crippen molar-refractivity contribution in [3.63, 3.8) is 0 Å². The third kappa shape index (κ3) is 2.12. The molecule has 0 aromatic heterocycles. The fourth-order valence-electron chi connectivity index (χ4n) is 0.283. The number of carboxylic acids is 1. The number of methoxy groups -OCH3 is 1. The second-order valence-electron chi connectivity index (χ2n) is 1.30. The van der Waals surface area contributed by atoms with Crippen LogP contribution in [-0.4, -0.2) is 23.1 Å². The summed E-state index contributed by atoms with van der Waals surface area (Å²) >= 11 is 0. The SMILES string of the molecule is COC=C(C(=O)O)[N+](=O)[O-]. The first-order chi connectivity index (χ1) is 4.59. The Kier molecular flexibility index (Phi) is 2.89. The summed E-state index contributed by atoms with van der Waals surface area (Å²) in [6.45, 7) is 0. The van der Waals surface area contributed by atoms with E-state index in [-0.39, 0.29) is 0 Å². The molecule has 0 radical (unpaired) electrons. The third-order valence-corrected chi connectivity index (χ3v) is 0.645. The zero-order valence-electron chi connectivity index (χ0n) is 5.10.